The molecule has 0 rings (SSSR count). The number of unbranched alkanes of at least 4 members (excludes halogenated alkanes) is 13. The summed E-state index contributed by atoms with van der Waals surface area (Å²) in [5, 5.41) is 2.85. The van der Waals surface area contributed by atoms with Gasteiger partial charge in [-0.25, -0.2) is 4.79 Å². The molecule has 0 spiro atoms. The van der Waals surface area contributed by atoms with Crippen LogP contribution in [-0.4, -0.2) is 19.2 Å². The fourth-order valence-electron chi connectivity index (χ4n) is 2.72. The van der Waals surface area contributed by atoms with E-state index in [0.29, 0.717) is 6.61 Å². The first kappa shape index (κ1) is 22.3. The van der Waals surface area contributed by atoms with Crippen molar-refractivity contribution in [2.24, 2.45) is 0 Å². The van der Waals surface area contributed by atoms with Crippen LogP contribution in [0.4, 0.5) is 4.79 Å². The summed E-state index contributed by atoms with van der Waals surface area (Å²) in [6.07, 6.45) is 18.9. The molecule has 138 valence electrons. The molecule has 0 aliphatic rings. The van der Waals surface area contributed by atoms with Crippen molar-refractivity contribution in [2.45, 2.75) is 110 Å². The molecule has 0 aromatic carbocycles. The SMILES string of the molecule is CCCCCCCCCCCNC(=O)OCCCCCCCC. The van der Waals surface area contributed by atoms with E-state index in [2.05, 4.69) is 19.2 Å². The Morgan fingerprint density at radius 2 is 1.09 bits per heavy atom. The molecule has 0 heterocycles. The van der Waals surface area contributed by atoms with E-state index in [1.54, 1.807) is 0 Å². The minimum absolute atomic E-state index is 0.238. The summed E-state index contributed by atoms with van der Waals surface area (Å²) in [5.74, 6) is 0. The van der Waals surface area contributed by atoms with E-state index in [1.165, 1.54) is 83.5 Å². The molecule has 23 heavy (non-hydrogen) atoms. The molecule has 1 amide bonds. The maximum atomic E-state index is 11.5. The van der Waals surface area contributed by atoms with Gasteiger partial charge in [0.1, 0.15) is 0 Å². The van der Waals surface area contributed by atoms with E-state index < -0.39 is 0 Å². The van der Waals surface area contributed by atoms with Gasteiger partial charge in [-0.3, -0.25) is 0 Å². The lowest BCUT2D eigenvalue weighted by Crippen LogP contribution is -2.25. The third kappa shape index (κ3) is 19.2. The Bertz CT molecular complexity index is 244. The van der Waals surface area contributed by atoms with Crippen molar-refractivity contribution >= 4 is 6.09 Å². The number of carbonyl (C=O) groups excluding carboxylic acids is 1. The van der Waals surface area contributed by atoms with Gasteiger partial charge in [-0.1, -0.05) is 97.3 Å². The normalized spacial score (nSPS) is 10.7. The molecule has 3 nitrogen and oxygen atoms in total. The molecule has 0 aromatic heterocycles. The predicted octanol–water partition coefficient (Wildman–Crippen LogP) is 6.60. The summed E-state index contributed by atoms with van der Waals surface area (Å²) in [4.78, 5) is 11.5. The van der Waals surface area contributed by atoms with Gasteiger partial charge < -0.3 is 10.1 Å². The topological polar surface area (TPSA) is 38.3 Å². The van der Waals surface area contributed by atoms with Crippen molar-refractivity contribution in [1.29, 1.82) is 0 Å². The molecule has 0 unspecified atom stereocenters. The summed E-state index contributed by atoms with van der Waals surface area (Å²) in [6.45, 7) is 5.80. The first-order chi connectivity index (χ1) is 11.3. The van der Waals surface area contributed by atoms with Crippen LogP contribution in [0.15, 0.2) is 0 Å². The van der Waals surface area contributed by atoms with Gasteiger partial charge in [0.05, 0.1) is 6.61 Å². The quantitative estimate of drug-likeness (QED) is 0.305. The number of hydrogen-bond donors (Lipinski definition) is 1. The van der Waals surface area contributed by atoms with E-state index in [-0.39, 0.29) is 6.09 Å². The van der Waals surface area contributed by atoms with Crippen LogP contribution >= 0.6 is 0 Å². The Balaban J connectivity index is 3.13. The van der Waals surface area contributed by atoms with Gasteiger partial charge in [0.2, 0.25) is 0 Å². The lowest BCUT2D eigenvalue weighted by molar-refractivity contribution is 0.143. The van der Waals surface area contributed by atoms with Crippen LogP contribution in [0.3, 0.4) is 0 Å². The van der Waals surface area contributed by atoms with Crippen LogP contribution in [0, 0.1) is 0 Å². The maximum Gasteiger partial charge on any atom is 0.407 e. The van der Waals surface area contributed by atoms with Gasteiger partial charge in [-0.05, 0) is 12.8 Å². The smallest absolute Gasteiger partial charge is 0.407 e. The number of alkyl carbamates (subject to hydrolysis) is 1. The summed E-state index contributed by atoms with van der Waals surface area (Å²) < 4.78 is 5.18. The standard InChI is InChI=1S/C20H41NO2/c1-3-5-7-9-11-12-13-14-16-18-21-20(22)23-19-17-15-10-8-6-4-2/h3-19H2,1-2H3,(H,21,22). The second-order valence-electron chi connectivity index (χ2n) is 6.66. The van der Waals surface area contributed by atoms with Gasteiger partial charge in [-0.15, -0.1) is 0 Å². The predicted molar refractivity (Wildman–Crippen MR) is 100.0 cm³/mol. The molecule has 0 aliphatic carbocycles. The Labute approximate surface area is 144 Å². The molecule has 0 saturated carbocycles. The van der Waals surface area contributed by atoms with E-state index >= 15 is 0 Å². The average molecular weight is 328 g/mol. The van der Waals surface area contributed by atoms with E-state index in [9.17, 15) is 4.79 Å². The van der Waals surface area contributed by atoms with E-state index in [1.807, 2.05) is 0 Å². The minimum atomic E-state index is -0.238. The second-order valence-corrected chi connectivity index (χ2v) is 6.66. The van der Waals surface area contributed by atoms with Crippen molar-refractivity contribution in [3.63, 3.8) is 0 Å². The van der Waals surface area contributed by atoms with Crippen molar-refractivity contribution in [1.82, 2.24) is 5.32 Å². The highest BCUT2D eigenvalue weighted by Gasteiger charge is 2.00. The molecule has 0 saturated heterocycles. The molecule has 0 atom stereocenters. The Hall–Kier alpha value is -0.730. The number of carbonyl (C=O) groups is 1. The van der Waals surface area contributed by atoms with Gasteiger partial charge in [0.25, 0.3) is 0 Å². The van der Waals surface area contributed by atoms with Gasteiger partial charge in [-0.2, -0.15) is 0 Å². The molecule has 0 radical (unpaired) electrons. The fourth-order valence-corrected chi connectivity index (χ4v) is 2.72. The van der Waals surface area contributed by atoms with E-state index in [4.69, 9.17) is 4.74 Å². The molecular formula is C20H41NO2. The largest absolute Gasteiger partial charge is 0.450 e. The molecule has 3 heteroatoms. The van der Waals surface area contributed by atoms with Crippen LogP contribution in [0.5, 0.6) is 0 Å². The van der Waals surface area contributed by atoms with Crippen molar-refractivity contribution in [3.05, 3.63) is 0 Å². The molecule has 0 aliphatic heterocycles. The first-order valence-corrected chi connectivity index (χ1v) is 10.2. The van der Waals surface area contributed by atoms with Crippen LogP contribution in [-0.2, 0) is 4.74 Å². The zero-order valence-electron chi connectivity index (χ0n) is 15.8. The molecule has 0 aromatic rings. The average Bonchev–Trinajstić information content (AvgIpc) is 2.55. The molecule has 0 fully saturated rings. The zero-order chi connectivity index (χ0) is 17.0. The highest BCUT2D eigenvalue weighted by Crippen LogP contribution is 2.09. The number of amides is 1. The summed E-state index contributed by atoms with van der Waals surface area (Å²) in [6, 6.07) is 0. The highest BCUT2D eigenvalue weighted by atomic mass is 16.5. The van der Waals surface area contributed by atoms with Crippen LogP contribution in [0.1, 0.15) is 110 Å². The van der Waals surface area contributed by atoms with Crippen LogP contribution in [0.2, 0.25) is 0 Å². The number of rotatable bonds is 17. The lowest BCUT2D eigenvalue weighted by Gasteiger charge is -2.07. The summed E-state index contributed by atoms with van der Waals surface area (Å²) >= 11 is 0. The number of ether oxygens (including phenoxy) is 1. The highest BCUT2D eigenvalue weighted by molar-refractivity contribution is 5.66. The molecular weight excluding hydrogens is 286 g/mol. The minimum Gasteiger partial charge on any atom is -0.450 e. The van der Waals surface area contributed by atoms with Crippen molar-refractivity contribution in [3.8, 4) is 0 Å². The van der Waals surface area contributed by atoms with Crippen LogP contribution < -0.4 is 5.32 Å². The van der Waals surface area contributed by atoms with Crippen molar-refractivity contribution < 1.29 is 9.53 Å². The van der Waals surface area contributed by atoms with Gasteiger partial charge in [0, 0.05) is 6.54 Å². The molecule has 1 N–H and O–H groups in total. The van der Waals surface area contributed by atoms with Crippen molar-refractivity contribution in [2.75, 3.05) is 13.2 Å². The van der Waals surface area contributed by atoms with E-state index in [0.717, 1.165) is 19.4 Å². The molecule has 0 bridgehead atoms. The Kier molecular flexibility index (Phi) is 18.7. The number of nitrogens with one attached hydrogen (secondary N) is 1. The first-order valence-electron chi connectivity index (χ1n) is 10.2. The van der Waals surface area contributed by atoms with Gasteiger partial charge >= 0.3 is 6.09 Å². The van der Waals surface area contributed by atoms with Gasteiger partial charge in [0.15, 0.2) is 0 Å². The third-order valence-electron chi connectivity index (χ3n) is 4.28. The van der Waals surface area contributed by atoms with Crippen LogP contribution in [0.25, 0.3) is 0 Å². The Morgan fingerprint density at radius 1 is 0.652 bits per heavy atom. The lowest BCUT2D eigenvalue weighted by atomic mass is 10.1. The fraction of sp³-hybridized carbons (Fsp3) is 0.950. The zero-order valence-corrected chi connectivity index (χ0v) is 15.8. The second kappa shape index (κ2) is 19.3. The summed E-state index contributed by atoms with van der Waals surface area (Å²) in [5.41, 5.74) is 0. The monoisotopic (exact) mass is 327 g/mol. The third-order valence-corrected chi connectivity index (χ3v) is 4.28. The number of hydrogen-bond acceptors (Lipinski definition) is 2. The Morgan fingerprint density at radius 3 is 1.61 bits per heavy atom. The summed E-state index contributed by atoms with van der Waals surface area (Å²) in [7, 11) is 0. The maximum absolute atomic E-state index is 11.5.